The molecule has 0 spiro atoms. The highest BCUT2D eigenvalue weighted by molar-refractivity contribution is 5.90. The van der Waals surface area contributed by atoms with Crippen molar-refractivity contribution in [3.05, 3.63) is 70.8 Å². The van der Waals surface area contributed by atoms with Gasteiger partial charge in [-0.3, -0.25) is 14.2 Å². The summed E-state index contributed by atoms with van der Waals surface area (Å²) in [5.74, 6) is 0.614. The first-order chi connectivity index (χ1) is 11.6. The summed E-state index contributed by atoms with van der Waals surface area (Å²) in [6.07, 6.45) is 0.938. The summed E-state index contributed by atoms with van der Waals surface area (Å²) in [7, 11) is 0. The van der Waals surface area contributed by atoms with Gasteiger partial charge in [-0.1, -0.05) is 30.3 Å². The van der Waals surface area contributed by atoms with Crippen molar-refractivity contribution in [3.8, 4) is 0 Å². The van der Waals surface area contributed by atoms with E-state index in [1.165, 1.54) is 0 Å². The fraction of sp³-hybridized carbons (Fsp3) is 0.211. The van der Waals surface area contributed by atoms with E-state index in [1.807, 2.05) is 55.5 Å². The smallest absolute Gasteiger partial charge is 0.261 e. The summed E-state index contributed by atoms with van der Waals surface area (Å²) < 4.78 is 1.64. The van der Waals surface area contributed by atoms with Crippen molar-refractivity contribution in [2.45, 2.75) is 26.3 Å². The lowest BCUT2D eigenvalue weighted by atomic mass is 10.2. The van der Waals surface area contributed by atoms with Gasteiger partial charge in [-0.25, -0.2) is 4.98 Å². The minimum atomic E-state index is -0.0550. The molecule has 0 unspecified atom stereocenters. The highest BCUT2D eigenvalue weighted by Crippen LogP contribution is 2.09. The Labute approximate surface area is 140 Å². The zero-order chi connectivity index (χ0) is 16.9. The number of hydrogen-bond acceptors (Lipinski definition) is 3. The molecular weight excluding hydrogens is 302 g/mol. The van der Waals surface area contributed by atoms with E-state index in [0.29, 0.717) is 36.1 Å². The third kappa shape index (κ3) is 3.51. The lowest BCUT2D eigenvalue weighted by molar-refractivity contribution is -0.116. The molecule has 5 nitrogen and oxygen atoms in total. The number of anilines is 1. The minimum Gasteiger partial charge on any atom is -0.326 e. The van der Waals surface area contributed by atoms with Gasteiger partial charge in [0.2, 0.25) is 5.91 Å². The molecule has 0 saturated carbocycles. The molecule has 0 bridgehead atoms. The Balaban J connectivity index is 1.66. The van der Waals surface area contributed by atoms with E-state index in [4.69, 9.17) is 0 Å². The third-order valence-electron chi connectivity index (χ3n) is 3.90. The van der Waals surface area contributed by atoms with Gasteiger partial charge in [-0.15, -0.1) is 0 Å². The summed E-state index contributed by atoms with van der Waals surface area (Å²) in [4.78, 5) is 29.0. The van der Waals surface area contributed by atoms with E-state index in [0.717, 1.165) is 5.69 Å². The van der Waals surface area contributed by atoms with Crippen LogP contribution in [0.25, 0.3) is 10.9 Å². The lowest BCUT2D eigenvalue weighted by Crippen LogP contribution is -2.24. The second-order valence-corrected chi connectivity index (χ2v) is 5.65. The summed E-state index contributed by atoms with van der Waals surface area (Å²) in [6.45, 7) is 2.29. The average molecular weight is 321 g/mol. The van der Waals surface area contributed by atoms with Crippen LogP contribution in [0.5, 0.6) is 0 Å². The van der Waals surface area contributed by atoms with Crippen molar-refractivity contribution in [1.29, 1.82) is 0 Å². The standard InChI is InChI=1S/C19H19N3O2/c1-14-20-17-11-6-5-10-16(17)19(24)22(14)13-7-12-18(23)21-15-8-3-2-4-9-15/h2-6,8-11H,7,12-13H2,1H3,(H,21,23). The van der Waals surface area contributed by atoms with Crippen LogP contribution in [-0.2, 0) is 11.3 Å². The van der Waals surface area contributed by atoms with Crippen LogP contribution in [0, 0.1) is 6.92 Å². The van der Waals surface area contributed by atoms with Crippen LogP contribution in [0.1, 0.15) is 18.7 Å². The molecule has 122 valence electrons. The maximum absolute atomic E-state index is 12.5. The fourth-order valence-electron chi connectivity index (χ4n) is 2.69. The van der Waals surface area contributed by atoms with E-state index in [-0.39, 0.29) is 11.5 Å². The minimum absolute atomic E-state index is 0.0541. The summed E-state index contributed by atoms with van der Waals surface area (Å²) in [6, 6.07) is 16.7. The first kappa shape index (κ1) is 15.9. The van der Waals surface area contributed by atoms with Gasteiger partial charge < -0.3 is 5.32 Å². The number of rotatable bonds is 5. The van der Waals surface area contributed by atoms with Crippen LogP contribution in [0.15, 0.2) is 59.4 Å². The number of amides is 1. The number of aryl methyl sites for hydroxylation is 1. The molecule has 5 heteroatoms. The average Bonchev–Trinajstić information content (AvgIpc) is 2.59. The van der Waals surface area contributed by atoms with Crippen molar-refractivity contribution < 1.29 is 4.79 Å². The van der Waals surface area contributed by atoms with Crippen molar-refractivity contribution in [2.24, 2.45) is 0 Å². The van der Waals surface area contributed by atoms with Gasteiger partial charge in [0.25, 0.3) is 5.56 Å². The molecule has 1 amide bonds. The Hall–Kier alpha value is -2.95. The normalized spacial score (nSPS) is 10.7. The Bertz CT molecular complexity index is 917. The quantitative estimate of drug-likeness (QED) is 0.785. The van der Waals surface area contributed by atoms with E-state index < -0.39 is 0 Å². The van der Waals surface area contributed by atoms with Crippen LogP contribution in [0.3, 0.4) is 0 Å². The van der Waals surface area contributed by atoms with E-state index in [1.54, 1.807) is 10.6 Å². The second kappa shape index (κ2) is 7.08. The van der Waals surface area contributed by atoms with Crippen LogP contribution in [-0.4, -0.2) is 15.5 Å². The van der Waals surface area contributed by atoms with E-state index in [9.17, 15) is 9.59 Å². The van der Waals surface area contributed by atoms with Gasteiger partial charge in [0.05, 0.1) is 10.9 Å². The Morgan fingerprint density at radius 2 is 1.79 bits per heavy atom. The molecule has 1 heterocycles. The molecule has 0 aliphatic rings. The summed E-state index contributed by atoms with van der Waals surface area (Å²) in [5.41, 5.74) is 1.43. The predicted molar refractivity (Wildman–Crippen MR) is 95.0 cm³/mol. The molecule has 1 aromatic heterocycles. The van der Waals surface area contributed by atoms with Gasteiger partial charge in [0, 0.05) is 18.7 Å². The molecule has 0 aliphatic carbocycles. The van der Waals surface area contributed by atoms with Gasteiger partial charge >= 0.3 is 0 Å². The largest absolute Gasteiger partial charge is 0.326 e. The van der Waals surface area contributed by atoms with Crippen molar-refractivity contribution in [1.82, 2.24) is 9.55 Å². The van der Waals surface area contributed by atoms with Gasteiger partial charge in [0.1, 0.15) is 5.82 Å². The van der Waals surface area contributed by atoms with Gasteiger partial charge in [-0.05, 0) is 37.6 Å². The van der Waals surface area contributed by atoms with Crippen molar-refractivity contribution in [2.75, 3.05) is 5.32 Å². The molecule has 24 heavy (non-hydrogen) atoms. The molecule has 0 fully saturated rings. The van der Waals surface area contributed by atoms with E-state index >= 15 is 0 Å². The molecule has 3 aromatic rings. The van der Waals surface area contributed by atoms with Crippen LogP contribution in [0.4, 0.5) is 5.69 Å². The third-order valence-corrected chi connectivity index (χ3v) is 3.90. The van der Waals surface area contributed by atoms with Crippen molar-refractivity contribution >= 4 is 22.5 Å². The Morgan fingerprint density at radius 3 is 2.58 bits per heavy atom. The zero-order valence-corrected chi connectivity index (χ0v) is 13.5. The van der Waals surface area contributed by atoms with Crippen LogP contribution in [0.2, 0.25) is 0 Å². The molecule has 1 N–H and O–H groups in total. The number of nitrogens with zero attached hydrogens (tertiary/aromatic N) is 2. The molecule has 2 aromatic carbocycles. The molecule has 0 atom stereocenters. The summed E-state index contributed by atoms with van der Waals surface area (Å²) >= 11 is 0. The molecule has 0 saturated heterocycles. The Kier molecular flexibility index (Phi) is 4.70. The van der Waals surface area contributed by atoms with Crippen molar-refractivity contribution in [3.63, 3.8) is 0 Å². The number of benzene rings is 2. The first-order valence-electron chi connectivity index (χ1n) is 7.96. The molecule has 0 radical (unpaired) electrons. The topological polar surface area (TPSA) is 64.0 Å². The first-order valence-corrected chi connectivity index (χ1v) is 7.96. The predicted octanol–water partition coefficient (Wildman–Crippen LogP) is 3.12. The number of fused-ring (bicyclic) bond motifs is 1. The van der Waals surface area contributed by atoms with Crippen LogP contribution < -0.4 is 10.9 Å². The lowest BCUT2D eigenvalue weighted by Gasteiger charge is -2.10. The Morgan fingerprint density at radius 1 is 1.08 bits per heavy atom. The molecule has 3 rings (SSSR count). The van der Waals surface area contributed by atoms with Gasteiger partial charge in [0.15, 0.2) is 0 Å². The summed E-state index contributed by atoms with van der Waals surface area (Å²) in [5, 5.41) is 3.45. The van der Waals surface area contributed by atoms with Gasteiger partial charge in [-0.2, -0.15) is 0 Å². The fourth-order valence-corrected chi connectivity index (χ4v) is 2.69. The second-order valence-electron chi connectivity index (χ2n) is 5.65. The monoisotopic (exact) mass is 321 g/mol. The zero-order valence-electron chi connectivity index (χ0n) is 13.5. The number of para-hydroxylation sites is 2. The number of hydrogen-bond donors (Lipinski definition) is 1. The number of aromatic nitrogens is 2. The highest BCUT2D eigenvalue weighted by atomic mass is 16.1. The SMILES string of the molecule is Cc1nc2ccccc2c(=O)n1CCCC(=O)Nc1ccccc1. The number of carbonyl (C=O) groups excluding carboxylic acids is 1. The van der Waals surface area contributed by atoms with E-state index in [2.05, 4.69) is 10.3 Å². The molecule has 0 aliphatic heterocycles. The highest BCUT2D eigenvalue weighted by Gasteiger charge is 2.08. The maximum atomic E-state index is 12.5. The maximum Gasteiger partial charge on any atom is 0.261 e. The number of carbonyl (C=O) groups is 1. The van der Waals surface area contributed by atoms with Crippen LogP contribution >= 0.6 is 0 Å². The molecular formula is C19H19N3O2. The number of nitrogens with one attached hydrogen (secondary N) is 1.